The van der Waals surface area contributed by atoms with E-state index < -0.39 is 5.97 Å². The first-order chi connectivity index (χ1) is 18.3. The summed E-state index contributed by atoms with van der Waals surface area (Å²) in [5.41, 5.74) is 6.26. The summed E-state index contributed by atoms with van der Waals surface area (Å²) < 4.78 is 5.87. The maximum Gasteiger partial charge on any atom is 0.321 e. The van der Waals surface area contributed by atoms with Crippen molar-refractivity contribution in [2.24, 2.45) is 0 Å². The van der Waals surface area contributed by atoms with E-state index in [1.165, 1.54) is 5.56 Å². The van der Waals surface area contributed by atoms with E-state index >= 15 is 0 Å². The number of aryl methyl sites for hydroxylation is 3. The van der Waals surface area contributed by atoms with Crippen molar-refractivity contribution >= 4 is 17.7 Å². The Hall–Kier alpha value is -3.80. The minimum Gasteiger partial charge on any atom is -0.491 e. The van der Waals surface area contributed by atoms with Crippen LogP contribution in [0.5, 0.6) is 5.75 Å². The van der Waals surface area contributed by atoms with Gasteiger partial charge in [-0.1, -0.05) is 55.8 Å². The van der Waals surface area contributed by atoms with Gasteiger partial charge in [-0.2, -0.15) is 0 Å². The van der Waals surface area contributed by atoms with Gasteiger partial charge < -0.3 is 15.2 Å². The van der Waals surface area contributed by atoms with E-state index in [2.05, 4.69) is 42.6 Å². The van der Waals surface area contributed by atoms with Gasteiger partial charge in [0.05, 0.1) is 6.10 Å². The molecule has 2 amide bonds. The van der Waals surface area contributed by atoms with E-state index in [0.717, 1.165) is 59.4 Å². The third-order valence-electron chi connectivity index (χ3n) is 6.41. The van der Waals surface area contributed by atoms with Crippen LogP contribution < -0.4 is 15.0 Å². The van der Waals surface area contributed by atoms with E-state index in [9.17, 15) is 9.59 Å². The molecule has 0 aromatic heterocycles. The number of carboxylic acid groups (broad SMARTS) is 1. The van der Waals surface area contributed by atoms with Gasteiger partial charge in [0.25, 0.3) is 0 Å². The lowest BCUT2D eigenvalue weighted by molar-refractivity contribution is -0.136. The van der Waals surface area contributed by atoms with Crippen molar-refractivity contribution < 1.29 is 19.4 Å². The van der Waals surface area contributed by atoms with Crippen LogP contribution in [0, 0.1) is 0 Å². The van der Waals surface area contributed by atoms with Gasteiger partial charge in [-0.05, 0) is 91.6 Å². The van der Waals surface area contributed by atoms with Gasteiger partial charge in [-0.3, -0.25) is 9.69 Å². The van der Waals surface area contributed by atoms with Crippen molar-refractivity contribution in [2.45, 2.75) is 65.4 Å². The molecule has 2 N–H and O–H groups in total. The fourth-order valence-corrected chi connectivity index (χ4v) is 4.36. The predicted molar refractivity (Wildman–Crippen MR) is 154 cm³/mol. The zero-order valence-electron chi connectivity index (χ0n) is 23.0. The molecule has 0 unspecified atom stereocenters. The molecule has 0 aliphatic rings. The first-order valence-corrected chi connectivity index (χ1v) is 13.5. The SMILES string of the molecule is CCCCNC(=O)N(C)c1cccc(-c2ccc(CCC(=O)O)cc2CCc2cccc(OC(C)C)c2)c1. The van der Waals surface area contributed by atoms with Gasteiger partial charge in [-0.25, -0.2) is 4.79 Å². The minimum atomic E-state index is -0.800. The third kappa shape index (κ3) is 8.65. The average molecular weight is 517 g/mol. The number of carboxylic acids is 1. The van der Waals surface area contributed by atoms with Gasteiger partial charge in [-0.15, -0.1) is 0 Å². The Balaban J connectivity index is 1.87. The first-order valence-electron chi connectivity index (χ1n) is 13.5. The standard InChI is InChI=1S/C32H40N2O4/c1-5-6-19-33-32(37)34(4)28-11-8-10-26(22-28)30-17-14-25(15-18-31(35)36)20-27(30)16-13-24-9-7-12-29(21-24)38-23(2)3/h7-12,14,17,20-23H,5-6,13,15-16,18-19H2,1-4H3,(H,33,37)(H,35,36). The van der Waals surface area contributed by atoms with Crippen molar-refractivity contribution in [3.8, 4) is 16.9 Å². The Labute approximate surface area is 226 Å². The molecule has 38 heavy (non-hydrogen) atoms. The second-order valence-electron chi connectivity index (χ2n) is 9.89. The molecule has 0 fully saturated rings. The molecule has 202 valence electrons. The van der Waals surface area contributed by atoms with Crippen molar-refractivity contribution in [3.05, 3.63) is 83.4 Å². The van der Waals surface area contributed by atoms with Crippen LogP contribution in [0.1, 0.15) is 56.7 Å². The second kappa shape index (κ2) is 14.2. The lowest BCUT2D eigenvalue weighted by Crippen LogP contribution is -2.37. The quantitative estimate of drug-likeness (QED) is 0.243. The maximum absolute atomic E-state index is 12.6. The summed E-state index contributed by atoms with van der Waals surface area (Å²) in [5, 5.41) is 12.1. The lowest BCUT2D eigenvalue weighted by Gasteiger charge is -2.20. The summed E-state index contributed by atoms with van der Waals surface area (Å²) in [4.78, 5) is 25.4. The number of nitrogens with zero attached hydrogens (tertiary/aromatic N) is 1. The number of carbonyl (C=O) groups excluding carboxylic acids is 1. The van der Waals surface area contributed by atoms with Crippen LogP contribution in [0.4, 0.5) is 10.5 Å². The number of amides is 2. The maximum atomic E-state index is 12.6. The second-order valence-corrected chi connectivity index (χ2v) is 9.89. The molecule has 0 spiro atoms. The molecule has 6 nitrogen and oxygen atoms in total. The Bertz CT molecular complexity index is 1220. The number of anilines is 1. The normalized spacial score (nSPS) is 10.9. The number of benzene rings is 3. The molecule has 3 aromatic rings. The molecule has 0 aliphatic heterocycles. The summed E-state index contributed by atoms with van der Waals surface area (Å²) in [7, 11) is 1.78. The molecule has 3 rings (SSSR count). The Kier molecular flexibility index (Phi) is 10.8. The molecule has 0 radical (unpaired) electrons. The smallest absolute Gasteiger partial charge is 0.321 e. The highest BCUT2D eigenvalue weighted by molar-refractivity contribution is 5.92. The number of ether oxygens (including phenoxy) is 1. The highest BCUT2D eigenvalue weighted by atomic mass is 16.5. The van der Waals surface area contributed by atoms with Crippen molar-refractivity contribution in [3.63, 3.8) is 0 Å². The van der Waals surface area contributed by atoms with E-state index in [-0.39, 0.29) is 18.6 Å². The van der Waals surface area contributed by atoms with Crippen molar-refractivity contribution in [2.75, 3.05) is 18.5 Å². The minimum absolute atomic E-state index is 0.0980. The molecule has 0 heterocycles. The van der Waals surface area contributed by atoms with Crippen LogP contribution >= 0.6 is 0 Å². The predicted octanol–water partition coefficient (Wildman–Crippen LogP) is 6.89. The molecule has 6 heteroatoms. The molecule has 0 aliphatic carbocycles. The third-order valence-corrected chi connectivity index (χ3v) is 6.41. The van der Waals surface area contributed by atoms with E-state index in [1.807, 2.05) is 50.2 Å². The number of unbranched alkanes of at least 4 members (excludes halogenated alkanes) is 1. The zero-order valence-corrected chi connectivity index (χ0v) is 23.0. The van der Waals surface area contributed by atoms with Crippen molar-refractivity contribution in [1.29, 1.82) is 0 Å². The highest BCUT2D eigenvalue weighted by Gasteiger charge is 2.13. The monoisotopic (exact) mass is 516 g/mol. The van der Waals surface area contributed by atoms with Gasteiger partial charge >= 0.3 is 12.0 Å². The molecule has 0 saturated carbocycles. The molecule has 0 bridgehead atoms. The summed E-state index contributed by atoms with van der Waals surface area (Å²) in [6, 6.07) is 22.3. The number of aliphatic carboxylic acids is 1. The zero-order chi connectivity index (χ0) is 27.5. The van der Waals surface area contributed by atoms with E-state index in [4.69, 9.17) is 9.84 Å². The number of hydrogen-bond donors (Lipinski definition) is 2. The average Bonchev–Trinajstić information content (AvgIpc) is 2.90. The lowest BCUT2D eigenvalue weighted by atomic mass is 9.92. The van der Waals surface area contributed by atoms with E-state index in [1.54, 1.807) is 11.9 Å². The number of nitrogens with one attached hydrogen (secondary N) is 1. The summed E-state index contributed by atoms with van der Waals surface area (Å²) in [5.74, 6) is 0.0615. The topological polar surface area (TPSA) is 78.9 Å². The fourth-order valence-electron chi connectivity index (χ4n) is 4.36. The molecular formula is C32H40N2O4. The molecule has 0 atom stereocenters. The van der Waals surface area contributed by atoms with Gasteiger partial charge in [0, 0.05) is 25.7 Å². The molecular weight excluding hydrogens is 476 g/mol. The van der Waals surface area contributed by atoms with Crippen LogP contribution in [0.3, 0.4) is 0 Å². The molecule has 0 saturated heterocycles. The van der Waals surface area contributed by atoms with Gasteiger partial charge in [0.1, 0.15) is 5.75 Å². The number of urea groups is 1. The number of carbonyl (C=O) groups is 2. The van der Waals surface area contributed by atoms with Crippen LogP contribution in [0.2, 0.25) is 0 Å². The van der Waals surface area contributed by atoms with Gasteiger partial charge in [0.2, 0.25) is 0 Å². The Morgan fingerprint density at radius 1 is 0.947 bits per heavy atom. The number of rotatable bonds is 13. The Morgan fingerprint density at radius 3 is 2.45 bits per heavy atom. The number of hydrogen-bond acceptors (Lipinski definition) is 3. The van der Waals surface area contributed by atoms with Crippen LogP contribution in [0.25, 0.3) is 11.1 Å². The van der Waals surface area contributed by atoms with Crippen molar-refractivity contribution in [1.82, 2.24) is 5.32 Å². The van der Waals surface area contributed by atoms with Crippen LogP contribution in [0.15, 0.2) is 66.7 Å². The largest absolute Gasteiger partial charge is 0.491 e. The highest BCUT2D eigenvalue weighted by Crippen LogP contribution is 2.30. The Morgan fingerprint density at radius 2 is 1.71 bits per heavy atom. The first kappa shape index (κ1) is 28.8. The van der Waals surface area contributed by atoms with Crippen LogP contribution in [-0.2, 0) is 24.1 Å². The summed E-state index contributed by atoms with van der Waals surface area (Å²) >= 11 is 0. The summed E-state index contributed by atoms with van der Waals surface area (Å²) in [6.45, 7) is 6.79. The van der Waals surface area contributed by atoms with Gasteiger partial charge in [0.15, 0.2) is 0 Å². The fraction of sp³-hybridized carbons (Fsp3) is 0.375. The van der Waals surface area contributed by atoms with E-state index in [0.29, 0.717) is 13.0 Å². The molecule has 3 aromatic carbocycles. The summed E-state index contributed by atoms with van der Waals surface area (Å²) in [6.07, 6.45) is 4.29. The van der Waals surface area contributed by atoms with Crippen LogP contribution in [-0.4, -0.2) is 36.8 Å².